The Kier molecular flexibility index (Phi) is 3.42. The smallest absolute Gasteiger partial charge is 0.338 e. The Labute approximate surface area is 98.6 Å². The van der Waals surface area contributed by atoms with Gasteiger partial charge in [0.05, 0.1) is 12.2 Å². The molecule has 1 aliphatic rings. The molecule has 0 aromatic heterocycles. The van der Waals surface area contributed by atoms with Gasteiger partial charge in [0, 0.05) is 11.1 Å². The lowest BCUT2D eigenvalue weighted by molar-refractivity contribution is -0.193. The molecule has 1 aliphatic heterocycles. The number of carbonyl (C=O) groups excluding carboxylic acids is 1. The highest BCUT2D eigenvalue weighted by Crippen LogP contribution is 2.36. The zero-order valence-electron chi connectivity index (χ0n) is 9.42. The average Bonchev–Trinajstić information content (AvgIpc) is 2.61. The molecule has 1 aromatic carbocycles. The Balaban J connectivity index is 2.22. The van der Waals surface area contributed by atoms with E-state index in [1.807, 2.05) is 6.92 Å². The first-order chi connectivity index (χ1) is 8.13. The fourth-order valence-electron chi connectivity index (χ4n) is 1.69. The Morgan fingerprint density at radius 1 is 1.35 bits per heavy atom. The summed E-state index contributed by atoms with van der Waals surface area (Å²) in [4.78, 5) is 11.6. The lowest BCUT2D eigenvalue weighted by Crippen LogP contribution is -2.07. The van der Waals surface area contributed by atoms with Crippen LogP contribution in [0.3, 0.4) is 0 Å². The van der Waals surface area contributed by atoms with Gasteiger partial charge in [0.15, 0.2) is 12.6 Å². The average molecular weight is 238 g/mol. The monoisotopic (exact) mass is 238 g/mol. The third kappa shape index (κ3) is 2.31. The number of ether oxygens (including phenoxy) is 2. The molecule has 1 aromatic rings. The minimum atomic E-state index is -1.20. The van der Waals surface area contributed by atoms with E-state index in [2.05, 4.69) is 0 Å². The highest BCUT2D eigenvalue weighted by molar-refractivity contribution is 5.89. The van der Waals surface area contributed by atoms with Crippen LogP contribution in [0.25, 0.3) is 0 Å². The van der Waals surface area contributed by atoms with Crippen molar-refractivity contribution in [3.8, 4) is 0 Å². The van der Waals surface area contributed by atoms with Crippen molar-refractivity contribution >= 4 is 5.97 Å². The van der Waals surface area contributed by atoms with Gasteiger partial charge in [-0.15, -0.1) is 0 Å². The van der Waals surface area contributed by atoms with E-state index in [1.165, 1.54) is 6.07 Å². The van der Waals surface area contributed by atoms with E-state index in [-0.39, 0.29) is 0 Å². The van der Waals surface area contributed by atoms with Gasteiger partial charge in [-0.2, -0.15) is 0 Å². The van der Waals surface area contributed by atoms with Crippen molar-refractivity contribution in [1.29, 1.82) is 0 Å². The SMILES string of the molecule is CCCOC(=O)c1ccc2c(c1)C(O)OC2O. The molecule has 0 saturated heterocycles. The van der Waals surface area contributed by atoms with Crippen molar-refractivity contribution in [2.45, 2.75) is 25.9 Å². The van der Waals surface area contributed by atoms with Gasteiger partial charge in [-0.1, -0.05) is 13.0 Å². The molecule has 0 fully saturated rings. The number of aliphatic hydroxyl groups is 2. The second kappa shape index (κ2) is 4.83. The van der Waals surface area contributed by atoms with Crippen LogP contribution in [0, 0.1) is 0 Å². The number of carbonyl (C=O) groups is 1. The number of benzene rings is 1. The van der Waals surface area contributed by atoms with Crippen LogP contribution in [0.4, 0.5) is 0 Å². The molecule has 2 unspecified atom stereocenters. The minimum Gasteiger partial charge on any atom is -0.462 e. The molecule has 92 valence electrons. The summed E-state index contributed by atoms with van der Waals surface area (Å²) in [7, 11) is 0. The van der Waals surface area contributed by atoms with Crippen LogP contribution in [0.5, 0.6) is 0 Å². The quantitative estimate of drug-likeness (QED) is 0.775. The normalized spacial score (nSPS) is 22.3. The predicted octanol–water partition coefficient (Wildman–Crippen LogP) is 1.27. The first-order valence-corrected chi connectivity index (χ1v) is 5.46. The molecular formula is C12H14O5. The molecule has 0 amide bonds. The van der Waals surface area contributed by atoms with Gasteiger partial charge in [0.1, 0.15) is 0 Å². The summed E-state index contributed by atoms with van der Waals surface area (Å²) >= 11 is 0. The van der Waals surface area contributed by atoms with Crippen LogP contribution in [0.15, 0.2) is 18.2 Å². The van der Waals surface area contributed by atoms with Gasteiger partial charge < -0.3 is 19.7 Å². The van der Waals surface area contributed by atoms with Gasteiger partial charge >= 0.3 is 5.97 Å². The lowest BCUT2D eigenvalue weighted by Gasteiger charge is -2.06. The highest BCUT2D eigenvalue weighted by atomic mass is 16.7. The molecular weight excluding hydrogens is 224 g/mol. The summed E-state index contributed by atoms with van der Waals surface area (Å²) in [5.74, 6) is -0.441. The number of fused-ring (bicyclic) bond motifs is 1. The first kappa shape index (κ1) is 12.0. The molecule has 0 radical (unpaired) electrons. The van der Waals surface area contributed by atoms with Crippen molar-refractivity contribution in [3.05, 3.63) is 34.9 Å². The third-order valence-corrected chi connectivity index (χ3v) is 2.55. The van der Waals surface area contributed by atoms with Gasteiger partial charge in [-0.3, -0.25) is 0 Å². The maximum atomic E-state index is 11.6. The molecule has 0 bridgehead atoms. The van der Waals surface area contributed by atoms with Crippen LogP contribution in [0.1, 0.15) is 47.4 Å². The number of hydrogen-bond acceptors (Lipinski definition) is 5. The number of esters is 1. The Bertz CT molecular complexity index is 429. The van der Waals surface area contributed by atoms with Crippen molar-refractivity contribution in [2.75, 3.05) is 6.61 Å². The summed E-state index contributed by atoms with van der Waals surface area (Å²) in [6.07, 6.45) is -1.58. The van der Waals surface area contributed by atoms with E-state index in [0.717, 1.165) is 6.42 Å². The maximum absolute atomic E-state index is 11.6. The molecule has 5 heteroatoms. The minimum absolute atomic E-state index is 0.342. The largest absolute Gasteiger partial charge is 0.462 e. The topological polar surface area (TPSA) is 76.0 Å². The van der Waals surface area contributed by atoms with E-state index in [1.54, 1.807) is 12.1 Å². The zero-order chi connectivity index (χ0) is 12.4. The molecule has 5 nitrogen and oxygen atoms in total. The summed E-state index contributed by atoms with van der Waals surface area (Å²) in [5.41, 5.74) is 1.22. The van der Waals surface area contributed by atoms with Crippen molar-refractivity contribution < 1.29 is 24.5 Å². The summed E-state index contributed by atoms with van der Waals surface area (Å²) in [6, 6.07) is 4.58. The van der Waals surface area contributed by atoms with Crippen LogP contribution >= 0.6 is 0 Å². The van der Waals surface area contributed by atoms with Crippen molar-refractivity contribution in [3.63, 3.8) is 0 Å². The summed E-state index contributed by atoms with van der Waals surface area (Å²) in [6.45, 7) is 2.27. The van der Waals surface area contributed by atoms with E-state index in [0.29, 0.717) is 23.3 Å². The zero-order valence-corrected chi connectivity index (χ0v) is 9.42. The Morgan fingerprint density at radius 2 is 2.06 bits per heavy atom. The second-order valence-corrected chi connectivity index (χ2v) is 3.82. The molecule has 1 heterocycles. The van der Waals surface area contributed by atoms with Crippen LogP contribution in [-0.4, -0.2) is 22.8 Å². The fourth-order valence-corrected chi connectivity index (χ4v) is 1.69. The van der Waals surface area contributed by atoms with Crippen LogP contribution < -0.4 is 0 Å². The van der Waals surface area contributed by atoms with E-state index in [4.69, 9.17) is 9.47 Å². The number of rotatable bonds is 3. The number of aliphatic hydroxyl groups excluding tert-OH is 2. The molecule has 17 heavy (non-hydrogen) atoms. The predicted molar refractivity (Wildman–Crippen MR) is 58.0 cm³/mol. The van der Waals surface area contributed by atoms with Crippen LogP contribution in [-0.2, 0) is 9.47 Å². The fraction of sp³-hybridized carbons (Fsp3) is 0.417. The van der Waals surface area contributed by atoms with Crippen LogP contribution in [0.2, 0.25) is 0 Å². The van der Waals surface area contributed by atoms with Crippen molar-refractivity contribution in [1.82, 2.24) is 0 Å². The Morgan fingerprint density at radius 3 is 2.76 bits per heavy atom. The van der Waals surface area contributed by atoms with Gasteiger partial charge in [0.2, 0.25) is 0 Å². The van der Waals surface area contributed by atoms with E-state index >= 15 is 0 Å². The Hall–Kier alpha value is -1.43. The van der Waals surface area contributed by atoms with Gasteiger partial charge in [-0.05, 0) is 18.6 Å². The molecule has 2 N–H and O–H groups in total. The lowest BCUT2D eigenvalue weighted by atomic mass is 10.1. The molecule has 0 spiro atoms. The number of hydrogen-bond donors (Lipinski definition) is 2. The second-order valence-electron chi connectivity index (χ2n) is 3.82. The third-order valence-electron chi connectivity index (χ3n) is 2.55. The summed E-state index contributed by atoms with van der Waals surface area (Å²) < 4.78 is 9.78. The molecule has 0 saturated carbocycles. The summed E-state index contributed by atoms with van der Waals surface area (Å²) in [5, 5.41) is 18.9. The first-order valence-electron chi connectivity index (χ1n) is 5.46. The van der Waals surface area contributed by atoms with Gasteiger partial charge in [-0.25, -0.2) is 4.79 Å². The standard InChI is InChI=1S/C12H14O5/c1-2-5-16-10(13)7-3-4-8-9(6-7)12(15)17-11(8)14/h3-4,6,11-12,14-15H,2,5H2,1H3. The molecule has 0 aliphatic carbocycles. The molecule has 2 atom stereocenters. The van der Waals surface area contributed by atoms with E-state index in [9.17, 15) is 15.0 Å². The highest BCUT2D eigenvalue weighted by Gasteiger charge is 2.29. The molecule has 2 rings (SSSR count). The maximum Gasteiger partial charge on any atom is 0.338 e. The van der Waals surface area contributed by atoms with Gasteiger partial charge in [0.25, 0.3) is 0 Å². The van der Waals surface area contributed by atoms with E-state index < -0.39 is 18.5 Å². The van der Waals surface area contributed by atoms with Crippen molar-refractivity contribution in [2.24, 2.45) is 0 Å².